The van der Waals surface area contributed by atoms with Crippen molar-refractivity contribution in [2.45, 2.75) is 13.5 Å². The molecule has 2 amide bonds. The van der Waals surface area contributed by atoms with Gasteiger partial charge in [0.25, 0.3) is 11.8 Å². The van der Waals surface area contributed by atoms with Crippen molar-refractivity contribution in [1.82, 2.24) is 10.3 Å². The molecule has 0 aliphatic rings. The van der Waals surface area contributed by atoms with Crippen LogP contribution in [0.2, 0.25) is 0 Å². The molecule has 7 nitrogen and oxygen atoms in total. The molecule has 0 saturated heterocycles. The Morgan fingerprint density at radius 1 is 0.806 bits per heavy atom. The second-order valence-corrected chi connectivity index (χ2v) is 7.88. The number of aromatic nitrogens is 1. The summed E-state index contributed by atoms with van der Waals surface area (Å²) in [5.74, 6) is 0.893. The maximum atomic E-state index is 13.1. The Labute approximate surface area is 210 Å². The minimum absolute atomic E-state index is 0.198. The monoisotopic (exact) mass is 481 g/mol. The van der Waals surface area contributed by atoms with E-state index in [4.69, 9.17) is 9.47 Å². The molecule has 182 valence electrons. The van der Waals surface area contributed by atoms with E-state index in [-0.39, 0.29) is 18.4 Å². The van der Waals surface area contributed by atoms with Crippen LogP contribution in [0.5, 0.6) is 11.5 Å². The van der Waals surface area contributed by atoms with Gasteiger partial charge in [0.1, 0.15) is 17.2 Å². The number of hydrogen-bond acceptors (Lipinski definition) is 5. The highest BCUT2D eigenvalue weighted by Crippen LogP contribution is 2.27. The predicted molar refractivity (Wildman–Crippen MR) is 139 cm³/mol. The minimum atomic E-state index is -0.330. The lowest BCUT2D eigenvalue weighted by Gasteiger charge is -2.14. The number of amides is 2. The molecule has 4 rings (SSSR count). The Hall–Kier alpha value is -4.65. The molecule has 36 heavy (non-hydrogen) atoms. The van der Waals surface area contributed by atoms with E-state index in [2.05, 4.69) is 15.6 Å². The summed E-state index contributed by atoms with van der Waals surface area (Å²) < 4.78 is 10.6. The van der Waals surface area contributed by atoms with Gasteiger partial charge in [0.05, 0.1) is 13.7 Å². The Kier molecular flexibility index (Phi) is 7.93. The van der Waals surface area contributed by atoms with Crippen LogP contribution in [0.3, 0.4) is 0 Å². The van der Waals surface area contributed by atoms with E-state index in [0.717, 1.165) is 16.9 Å². The third-order valence-electron chi connectivity index (χ3n) is 5.55. The first-order valence-electron chi connectivity index (χ1n) is 11.6. The van der Waals surface area contributed by atoms with Gasteiger partial charge in [-0.1, -0.05) is 30.3 Å². The summed E-state index contributed by atoms with van der Waals surface area (Å²) in [5.41, 5.74) is 3.82. The number of benzene rings is 3. The van der Waals surface area contributed by atoms with Crippen LogP contribution in [0.4, 0.5) is 5.69 Å². The molecular weight excluding hydrogens is 454 g/mol. The first-order chi connectivity index (χ1) is 17.6. The third kappa shape index (κ3) is 5.88. The Morgan fingerprint density at radius 3 is 2.22 bits per heavy atom. The molecule has 1 heterocycles. The maximum absolute atomic E-state index is 13.1. The smallest absolute Gasteiger partial charge is 0.274 e. The van der Waals surface area contributed by atoms with Crippen LogP contribution in [0, 0.1) is 0 Å². The molecule has 0 atom stereocenters. The zero-order valence-electron chi connectivity index (χ0n) is 20.2. The summed E-state index contributed by atoms with van der Waals surface area (Å²) in [5, 5.41) is 5.85. The van der Waals surface area contributed by atoms with Gasteiger partial charge < -0.3 is 20.1 Å². The van der Waals surface area contributed by atoms with Crippen molar-refractivity contribution in [3.63, 3.8) is 0 Å². The van der Waals surface area contributed by atoms with Crippen LogP contribution < -0.4 is 20.1 Å². The summed E-state index contributed by atoms with van der Waals surface area (Å²) in [6.45, 7) is 2.77. The van der Waals surface area contributed by atoms with Crippen molar-refractivity contribution in [3.05, 3.63) is 108 Å². The third-order valence-corrected chi connectivity index (χ3v) is 5.55. The number of nitrogens with zero attached hydrogens (tertiary/aromatic N) is 1. The number of anilines is 1. The molecule has 0 aliphatic carbocycles. The van der Waals surface area contributed by atoms with E-state index in [1.807, 2.05) is 37.3 Å². The van der Waals surface area contributed by atoms with E-state index >= 15 is 0 Å². The van der Waals surface area contributed by atoms with Crippen LogP contribution in [-0.2, 0) is 6.54 Å². The molecule has 0 spiro atoms. The molecular formula is C29H27N3O4. The van der Waals surface area contributed by atoms with Gasteiger partial charge in [0.15, 0.2) is 0 Å². The molecule has 0 unspecified atom stereocenters. The molecule has 3 aromatic carbocycles. The summed E-state index contributed by atoms with van der Waals surface area (Å²) in [4.78, 5) is 30.2. The molecule has 1 aromatic heterocycles. The van der Waals surface area contributed by atoms with Crippen molar-refractivity contribution in [2.75, 3.05) is 19.0 Å². The van der Waals surface area contributed by atoms with Crippen molar-refractivity contribution in [1.29, 1.82) is 0 Å². The molecule has 0 aliphatic heterocycles. The minimum Gasteiger partial charge on any atom is -0.497 e. The number of nitrogens with one attached hydrogen (secondary N) is 2. The van der Waals surface area contributed by atoms with Crippen LogP contribution in [0.1, 0.15) is 33.3 Å². The van der Waals surface area contributed by atoms with Gasteiger partial charge in [-0.3, -0.25) is 14.6 Å². The number of ether oxygens (including phenoxy) is 2. The standard InChI is InChI=1S/C29H27N3O4/c1-3-36-24-14-10-20(11-15-24)28(33)31-19-21-7-4-5-8-25(21)26-9-6-18-30-27(26)29(34)32-22-12-16-23(35-2)17-13-22/h4-18H,3,19H2,1-2H3,(H,31,33)(H,32,34). The first kappa shape index (κ1) is 24.5. The lowest BCUT2D eigenvalue weighted by molar-refractivity contribution is 0.0950. The van der Waals surface area contributed by atoms with Gasteiger partial charge in [-0.25, -0.2) is 0 Å². The van der Waals surface area contributed by atoms with Crippen molar-refractivity contribution in [3.8, 4) is 22.6 Å². The first-order valence-corrected chi connectivity index (χ1v) is 11.6. The molecule has 0 radical (unpaired) electrons. The number of hydrogen-bond donors (Lipinski definition) is 2. The predicted octanol–water partition coefficient (Wildman–Crippen LogP) is 5.34. The number of carbonyl (C=O) groups excluding carboxylic acids is 2. The Balaban J connectivity index is 1.52. The van der Waals surface area contributed by atoms with Gasteiger partial charge >= 0.3 is 0 Å². The molecule has 7 heteroatoms. The van der Waals surface area contributed by atoms with Crippen LogP contribution in [0.15, 0.2) is 91.1 Å². The highest BCUT2D eigenvalue weighted by atomic mass is 16.5. The fourth-order valence-electron chi connectivity index (χ4n) is 3.75. The summed E-state index contributed by atoms with van der Waals surface area (Å²) in [6.07, 6.45) is 1.59. The SMILES string of the molecule is CCOc1ccc(C(=O)NCc2ccccc2-c2cccnc2C(=O)Nc2ccc(OC)cc2)cc1. The normalized spacial score (nSPS) is 10.4. The Bertz CT molecular complexity index is 1340. The van der Waals surface area contributed by atoms with Gasteiger partial charge in [-0.15, -0.1) is 0 Å². The second kappa shape index (κ2) is 11.7. The largest absolute Gasteiger partial charge is 0.497 e. The number of rotatable bonds is 9. The summed E-state index contributed by atoms with van der Waals surface area (Å²) >= 11 is 0. The zero-order valence-corrected chi connectivity index (χ0v) is 20.2. The lowest BCUT2D eigenvalue weighted by Crippen LogP contribution is -2.23. The van der Waals surface area contributed by atoms with Crippen LogP contribution in [0.25, 0.3) is 11.1 Å². The van der Waals surface area contributed by atoms with Crippen molar-refractivity contribution >= 4 is 17.5 Å². The average molecular weight is 482 g/mol. The van der Waals surface area contributed by atoms with E-state index in [9.17, 15) is 9.59 Å². The highest BCUT2D eigenvalue weighted by Gasteiger charge is 2.17. The second-order valence-electron chi connectivity index (χ2n) is 7.88. The number of pyridine rings is 1. The van der Waals surface area contributed by atoms with Gasteiger partial charge in [0.2, 0.25) is 0 Å². The van der Waals surface area contributed by atoms with E-state index in [1.54, 1.807) is 67.9 Å². The van der Waals surface area contributed by atoms with Crippen molar-refractivity contribution in [2.24, 2.45) is 0 Å². The number of methoxy groups -OCH3 is 1. The highest BCUT2D eigenvalue weighted by molar-refractivity contribution is 6.07. The molecule has 2 N–H and O–H groups in total. The average Bonchev–Trinajstić information content (AvgIpc) is 2.93. The molecule has 4 aromatic rings. The zero-order chi connectivity index (χ0) is 25.3. The van der Waals surface area contributed by atoms with Gasteiger partial charge in [-0.2, -0.15) is 0 Å². The topological polar surface area (TPSA) is 89.5 Å². The van der Waals surface area contributed by atoms with E-state index in [0.29, 0.717) is 34.9 Å². The van der Waals surface area contributed by atoms with Gasteiger partial charge in [-0.05, 0) is 72.6 Å². The maximum Gasteiger partial charge on any atom is 0.274 e. The van der Waals surface area contributed by atoms with Gasteiger partial charge in [0, 0.05) is 29.6 Å². The lowest BCUT2D eigenvalue weighted by atomic mass is 9.97. The van der Waals surface area contributed by atoms with E-state index < -0.39 is 0 Å². The van der Waals surface area contributed by atoms with Crippen LogP contribution in [-0.4, -0.2) is 30.5 Å². The number of carbonyl (C=O) groups is 2. The fraction of sp³-hybridized carbons (Fsp3) is 0.138. The van der Waals surface area contributed by atoms with Crippen LogP contribution >= 0.6 is 0 Å². The fourth-order valence-corrected chi connectivity index (χ4v) is 3.75. The van der Waals surface area contributed by atoms with E-state index in [1.165, 1.54) is 0 Å². The Morgan fingerprint density at radius 2 is 1.50 bits per heavy atom. The quantitative estimate of drug-likeness (QED) is 0.337. The molecule has 0 saturated carbocycles. The summed E-state index contributed by atoms with van der Waals surface area (Å²) in [6, 6.07) is 25.4. The molecule has 0 fully saturated rings. The van der Waals surface area contributed by atoms with Crippen molar-refractivity contribution < 1.29 is 19.1 Å². The molecule has 0 bridgehead atoms. The summed E-state index contributed by atoms with van der Waals surface area (Å²) in [7, 11) is 1.59.